The Morgan fingerprint density at radius 2 is 1.84 bits per heavy atom. The molecule has 2 aliphatic rings. The summed E-state index contributed by atoms with van der Waals surface area (Å²) in [6.07, 6.45) is 4.38. The molecule has 1 amide bonds. The Morgan fingerprint density at radius 1 is 1.10 bits per heavy atom. The first-order chi connectivity index (χ1) is 15.0. The number of ether oxygens (including phenoxy) is 2. The summed E-state index contributed by atoms with van der Waals surface area (Å²) in [4.78, 5) is 13.1. The number of hydrogen-bond donors (Lipinski definition) is 1. The molecule has 1 saturated heterocycles. The summed E-state index contributed by atoms with van der Waals surface area (Å²) >= 11 is 0. The van der Waals surface area contributed by atoms with Gasteiger partial charge in [-0.15, -0.1) is 0 Å². The van der Waals surface area contributed by atoms with Gasteiger partial charge in [0.1, 0.15) is 18.1 Å². The number of anilines is 1. The predicted octanol–water partition coefficient (Wildman–Crippen LogP) is 3.45. The van der Waals surface area contributed by atoms with Crippen molar-refractivity contribution in [1.29, 1.82) is 0 Å². The molecule has 1 atom stereocenters. The number of nitrogens with one attached hydrogen (secondary N) is 1. The van der Waals surface area contributed by atoms with Gasteiger partial charge in [0, 0.05) is 13.1 Å². The van der Waals surface area contributed by atoms with Crippen molar-refractivity contribution < 1.29 is 22.7 Å². The molecule has 0 bridgehead atoms. The van der Waals surface area contributed by atoms with Crippen LogP contribution in [0.25, 0.3) is 0 Å². The number of nitrogens with zero attached hydrogens (tertiary/aromatic N) is 1. The fourth-order valence-electron chi connectivity index (χ4n) is 4.11. The van der Waals surface area contributed by atoms with Gasteiger partial charge < -0.3 is 14.8 Å². The van der Waals surface area contributed by atoms with Gasteiger partial charge in [0.2, 0.25) is 15.9 Å². The highest BCUT2D eigenvalue weighted by atomic mass is 32.2. The second-order valence-corrected chi connectivity index (χ2v) is 9.93. The highest BCUT2D eigenvalue weighted by Crippen LogP contribution is 2.32. The largest absolute Gasteiger partial charge is 0.495 e. The molecule has 2 aliphatic heterocycles. The smallest absolute Gasteiger partial charge is 0.243 e. The van der Waals surface area contributed by atoms with Crippen LogP contribution in [0.5, 0.6) is 11.5 Å². The van der Waals surface area contributed by atoms with E-state index in [0.29, 0.717) is 30.9 Å². The van der Waals surface area contributed by atoms with Crippen molar-refractivity contribution in [3.63, 3.8) is 0 Å². The summed E-state index contributed by atoms with van der Waals surface area (Å²) in [6.45, 7) is 1.32. The van der Waals surface area contributed by atoms with Crippen LogP contribution in [0.15, 0.2) is 47.4 Å². The lowest BCUT2D eigenvalue weighted by molar-refractivity contribution is -0.121. The number of hydrogen-bond acceptors (Lipinski definition) is 5. The zero-order valence-electron chi connectivity index (χ0n) is 17.7. The highest BCUT2D eigenvalue weighted by molar-refractivity contribution is 7.89. The van der Waals surface area contributed by atoms with Gasteiger partial charge in [-0.25, -0.2) is 8.42 Å². The lowest BCUT2D eigenvalue weighted by atomic mass is 9.96. The Balaban J connectivity index is 1.55. The van der Waals surface area contributed by atoms with Gasteiger partial charge in [0.15, 0.2) is 0 Å². The van der Waals surface area contributed by atoms with E-state index in [9.17, 15) is 13.2 Å². The molecule has 0 aromatic heterocycles. The second-order valence-electron chi connectivity index (χ2n) is 7.99. The molecule has 0 aliphatic carbocycles. The number of fused-ring (bicyclic) bond motifs is 1. The number of carbonyl (C=O) groups excluding carboxylic acids is 1. The van der Waals surface area contributed by atoms with Gasteiger partial charge >= 0.3 is 0 Å². The summed E-state index contributed by atoms with van der Waals surface area (Å²) in [5, 5.41) is 2.86. The molecular formula is C23H28N2O5S. The minimum absolute atomic E-state index is 0.163. The quantitative estimate of drug-likeness (QED) is 0.764. The molecule has 2 aromatic carbocycles. The zero-order chi connectivity index (χ0) is 21.8. The Labute approximate surface area is 183 Å². The molecule has 1 unspecified atom stereocenters. The van der Waals surface area contributed by atoms with Crippen LogP contribution in [0.4, 0.5) is 5.69 Å². The van der Waals surface area contributed by atoms with Crippen molar-refractivity contribution in [2.45, 2.75) is 37.0 Å². The summed E-state index contributed by atoms with van der Waals surface area (Å²) in [6, 6.07) is 12.3. The maximum atomic E-state index is 13.2. The average Bonchev–Trinajstić information content (AvgIpc) is 3.09. The summed E-state index contributed by atoms with van der Waals surface area (Å²) in [5.41, 5.74) is 1.33. The number of benzene rings is 2. The van der Waals surface area contributed by atoms with E-state index in [1.807, 2.05) is 24.3 Å². The number of amides is 1. The first-order valence-corrected chi connectivity index (χ1v) is 12.1. The normalized spacial score (nSPS) is 19.6. The first kappa shape index (κ1) is 21.6. The average molecular weight is 445 g/mol. The van der Waals surface area contributed by atoms with Gasteiger partial charge in [-0.2, -0.15) is 4.31 Å². The van der Waals surface area contributed by atoms with Crippen LogP contribution in [0.1, 0.15) is 31.2 Å². The molecule has 4 rings (SSSR count). The van der Waals surface area contributed by atoms with E-state index in [4.69, 9.17) is 9.47 Å². The van der Waals surface area contributed by atoms with Crippen molar-refractivity contribution in [3.8, 4) is 11.5 Å². The van der Waals surface area contributed by atoms with E-state index in [1.165, 1.54) is 19.2 Å². The van der Waals surface area contributed by atoms with E-state index in [1.54, 1.807) is 10.4 Å². The molecule has 2 heterocycles. The van der Waals surface area contributed by atoms with Crippen molar-refractivity contribution in [3.05, 3.63) is 48.0 Å². The predicted molar refractivity (Wildman–Crippen MR) is 118 cm³/mol. The van der Waals surface area contributed by atoms with Gasteiger partial charge in [-0.1, -0.05) is 31.0 Å². The molecule has 0 radical (unpaired) electrons. The van der Waals surface area contributed by atoms with E-state index < -0.39 is 10.0 Å². The number of sulfonamides is 1. The van der Waals surface area contributed by atoms with Crippen LogP contribution in [-0.2, 0) is 21.2 Å². The summed E-state index contributed by atoms with van der Waals surface area (Å²) < 4.78 is 39.0. The van der Waals surface area contributed by atoms with Crippen LogP contribution in [0.2, 0.25) is 0 Å². The third kappa shape index (κ3) is 4.70. The van der Waals surface area contributed by atoms with Crippen LogP contribution in [-0.4, -0.2) is 45.4 Å². The fraction of sp³-hybridized carbons (Fsp3) is 0.435. The van der Waals surface area contributed by atoms with Crippen molar-refractivity contribution >= 4 is 21.6 Å². The van der Waals surface area contributed by atoms with E-state index in [2.05, 4.69) is 5.32 Å². The van der Waals surface area contributed by atoms with Gasteiger partial charge in [0.25, 0.3) is 0 Å². The van der Waals surface area contributed by atoms with E-state index >= 15 is 0 Å². The number of carbonyl (C=O) groups is 1. The summed E-state index contributed by atoms with van der Waals surface area (Å²) in [7, 11) is -2.14. The maximum absolute atomic E-state index is 13.2. The third-order valence-corrected chi connectivity index (χ3v) is 7.78. The standard InChI is InChI=1S/C23H28N2O5S/c1-29-22-11-10-19(31(27,28)25-12-6-2-3-7-13-25)15-20(22)24-23(26)18-14-17-8-4-5-9-21(17)30-16-18/h4-5,8-11,15,18H,2-3,6-7,12-14,16H2,1H3,(H,24,26). The molecule has 8 heteroatoms. The zero-order valence-corrected chi connectivity index (χ0v) is 18.5. The SMILES string of the molecule is COc1ccc(S(=O)(=O)N2CCCCCC2)cc1NC(=O)C1COc2ccccc2C1. The lowest BCUT2D eigenvalue weighted by Gasteiger charge is -2.25. The third-order valence-electron chi connectivity index (χ3n) is 5.88. The maximum Gasteiger partial charge on any atom is 0.243 e. The topological polar surface area (TPSA) is 84.9 Å². The molecule has 0 spiro atoms. The van der Waals surface area contributed by atoms with Crippen molar-refractivity contribution in [2.75, 3.05) is 32.1 Å². The van der Waals surface area contributed by atoms with E-state index in [-0.39, 0.29) is 23.3 Å². The Hall–Kier alpha value is -2.58. The van der Waals surface area contributed by atoms with Crippen molar-refractivity contribution in [1.82, 2.24) is 4.31 Å². The molecule has 1 fully saturated rings. The van der Waals surface area contributed by atoms with Gasteiger partial charge in [-0.05, 0) is 49.1 Å². The minimum Gasteiger partial charge on any atom is -0.495 e. The van der Waals surface area contributed by atoms with Crippen LogP contribution < -0.4 is 14.8 Å². The number of rotatable bonds is 5. The fourth-order valence-corrected chi connectivity index (χ4v) is 5.65. The molecule has 2 aromatic rings. The van der Waals surface area contributed by atoms with Crippen LogP contribution in [0, 0.1) is 5.92 Å². The second kappa shape index (κ2) is 9.28. The highest BCUT2D eigenvalue weighted by Gasteiger charge is 2.29. The van der Waals surface area contributed by atoms with Crippen LogP contribution in [0.3, 0.4) is 0 Å². The molecule has 166 valence electrons. The minimum atomic E-state index is -3.63. The molecule has 0 saturated carbocycles. The number of para-hydroxylation sites is 1. The Bertz CT molecular complexity index is 1050. The summed E-state index contributed by atoms with van der Waals surface area (Å²) in [5.74, 6) is 0.623. The van der Waals surface area contributed by atoms with Crippen LogP contribution >= 0.6 is 0 Å². The number of methoxy groups -OCH3 is 1. The Kier molecular flexibility index (Phi) is 6.48. The molecule has 7 nitrogen and oxygen atoms in total. The van der Waals surface area contributed by atoms with E-state index in [0.717, 1.165) is 37.0 Å². The lowest BCUT2D eigenvalue weighted by Crippen LogP contribution is -2.33. The molecule has 31 heavy (non-hydrogen) atoms. The van der Waals surface area contributed by atoms with Gasteiger partial charge in [-0.3, -0.25) is 4.79 Å². The molecule has 1 N–H and O–H groups in total. The van der Waals surface area contributed by atoms with Gasteiger partial charge in [0.05, 0.1) is 23.6 Å². The monoisotopic (exact) mass is 444 g/mol. The van der Waals surface area contributed by atoms with Crippen molar-refractivity contribution in [2.24, 2.45) is 5.92 Å². The Morgan fingerprint density at radius 3 is 2.58 bits per heavy atom. The molecular weight excluding hydrogens is 416 g/mol. The first-order valence-electron chi connectivity index (χ1n) is 10.7.